The molecule has 0 aliphatic rings. The molecule has 0 bridgehead atoms. The highest BCUT2D eigenvalue weighted by Crippen LogP contribution is 2.25. The molecule has 5 rings (SSSR count). The van der Waals surface area contributed by atoms with Gasteiger partial charge in [-0.25, -0.2) is 10.8 Å². The fourth-order valence-electron chi connectivity index (χ4n) is 4.31. The number of aliphatic carboxylic acids is 1. The van der Waals surface area contributed by atoms with Crippen molar-refractivity contribution >= 4 is 28.5 Å². The number of pyridine rings is 2. The summed E-state index contributed by atoms with van der Waals surface area (Å²) in [5, 5.41) is 13.3. The summed E-state index contributed by atoms with van der Waals surface area (Å²) in [6.07, 6.45) is 3.19. The van der Waals surface area contributed by atoms with E-state index in [1.165, 1.54) is 0 Å². The molecule has 40 heavy (non-hydrogen) atoms. The van der Waals surface area contributed by atoms with Crippen LogP contribution >= 0.6 is 0 Å². The van der Waals surface area contributed by atoms with Crippen molar-refractivity contribution in [1.82, 2.24) is 15.4 Å². The molecule has 1 amide bonds. The predicted octanol–water partition coefficient (Wildman–Crippen LogP) is 4.93. The normalized spacial score (nSPS) is 11.2. The van der Waals surface area contributed by atoms with Gasteiger partial charge in [-0.3, -0.25) is 20.0 Å². The van der Waals surface area contributed by atoms with E-state index in [1.807, 2.05) is 78.9 Å². The predicted molar refractivity (Wildman–Crippen MR) is 154 cm³/mol. The number of nitrogens with one attached hydrogen (secondary N) is 2. The molecule has 8 heteroatoms. The number of anilines is 1. The van der Waals surface area contributed by atoms with Gasteiger partial charge in [0, 0.05) is 40.2 Å². The Hall–Kier alpha value is -5.52. The molecule has 1 atom stereocenters. The zero-order valence-electron chi connectivity index (χ0n) is 21.3. The Bertz CT molecular complexity index is 1730. The Morgan fingerprint density at radius 2 is 1.57 bits per heavy atom. The van der Waals surface area contributed by atoms with Crippen LogP contribution in [0.15, 0.2) is 103 Å². The minimum atomic E-state index is -0.870. The number of fused-ring (bicyclic) bond motifs is 1. The summed E-state index contributed by atoms with van der Waals surface area (Å²) in [6.45, 7) is 0. The number of rotatable bonds is 7. The molecule has 0 aliphatic heterocycles. The second-order valence-corrected chi connectivity index (χ2v) is 9.03. The maximum atomic E-state index is 12.3. The summed E-state index contributed by atoms with van der Waals surface area (Å²) in [7, 11) is 0. The molecule has 0 fully saturated rings. The van der Waals surface area contributed by atoms with E-state index in [0.717, 1.165) is 27.9 Å². The zero-order chi connectivity index (χ0) is 27.9. The van der Waals surface area contributed by atoms with Gasteiger partial charge >= 0.3 is 5.97 Å². The van der Waals surface area contributed by atoms with Crippen molar-refractivity contribution in [3.05, 3.63) is 126 Å². The summed E-state index contributed by atoms with van der Waals surface area (Å²) >= 11 is 0. The standard InChI is InChI=1S/C32H25N5O3/c33-37-32(40)26-18-29(36-28-16-17-34-20-27(26)28)24-12-8-21(9-13-24)6-7-22-10-14-25(15-11-22)35-30(19-31(38)39)23-4-2-1-3-5-23/h1-5,8-18,20,30,35H,19,33H2,(H,37,40)(H,38,39). The number of nitrogen functional groups attached to an aromatic ring is 1. The third-order valence-corrected chi connectivity index (χ3v) is 6.32. The highest BCUT2D eigenvalue weighted by atomic mass is 16.4. The van der Waals surface area contributed by atoms with Gasteiger partial charge in [-0.2, -0.15) is 0 Å². The lowest BCUT2D eigenvalue weighted by molar-refractivity contribution is -0.137. The monoisotopic (exact) mass is 527 g/mol. The molecule has 3 aromatic carbocycles. The van der Waals surface area contributed by atoms with Crippen LogP contribution in [0, 0.1) is 11.8 Å². The molecule has 5 aromatic rings. The number of nitrogens with zero attached hydrogens (tertiary/aromatic N) is 2. The van der Waals surface area contributed by atoms with Crippen LogP contribution in [0.2, 0.25) is 0 Å². The summed E-state index contributed by atoms with van der Waals surface area (Å²) < 4.78 is 0. The molecule has 2 aromatic heterocycles. The molecule has 2 heterocycles. The summed E-state index contributed by atoms with van der Waals surface area (Å²) in [4.78, 5) is 32.5. The molecule has 0 spiro atoms. The van der Waals surface area contributed by atoms with Crippen LogP contribution in [0.1, 0.15) is 39.5 Å². The third-order valence-electron chi connectivity index (χ3n) is 6.32. The first-order valence-corrected chi connectivity index (χ1v) is 12.5. The number of hydrogen-bond donors (Lipinski definition) is 4. The fourth-order valence-corrected chi connectivity index (χ4v) is 4.31. The van der Waals surface area contributed by atoms with Gasteiger partial charge in [0.25, 0.3) is 5.91 Å². The molecule has 0 aliphatic carbocycles. The lowest BCUT2D eigenvalue weighted by atomic mass is 10.0. The number of carboxylic acid groups (broad SMARTS) is 1. The van der Waals surface area contributed by atoms with Gasteiger partial charge in [-0.15, -0.1) is 0 Å². The Labute approximate surface area is 230 Å². The number of nitrogens with two attached hydrogens (primary N) is 1. The molecule has 0 radical (unpaired) electrons. The van der Waals surface area contributed by atoms with E-state index in [1.54, 1.807) is 24.5 Å². The highest BCUT2D eigenvalue weighted by Gasteiger charge is 2.15. The van der Waals surface area contributed by atoms with Gasteiger partial charge in [-0.05, 0) is 54.1 Å². The lowest BCUT2D eigenvalue weighted by Crippen LogP contribution is -2.30. The summed E-state index contributed by atoms with van der Waals surface area (Å²) in [5.41, 5.74) is 8.06. The zero-order valence-corrected chi connectivity index (χ0v) is 21.3. The van der Waals surface area contributed by atoms with Crippen molar-refractivity contribution in [3.63, 3.8) is 0 Å². The van der Waals surface area contributed by atoms with Gasteiger partial charge in [0.05, 0.1) is 29.2 Å². The van der Waals surface area contributed by atoms with E-state index >= 15 is 0 Å². The first-order valence-electron chi connectivity index (χ1n) is 12.5. The number of hydrogen-bond acceptors (Lipinski definition) is 6. The quantitative estimate of drug-likeness (QED) is 0.102. The average Bonchev–Trinajstić information content (AvgIpc) is 3.00. The van der Waals surface area contributed by atoms with Gasteiger partial charge in [0.15, 0.2) is 0 Å². The Morgan fingerprint density at radius 3 is 2.23 bits per heavy atom. The second-order valence-electron chi connectivity index (χ2n) is 9.03. The Morgan fingerprint density at radius 1 is 0.900 bits per heavy atom. The van der Waals surface area contributed by atoms with E-state index in [9.17, 15) is 14.7 Å². The number of carbonyl (C=O) groups excluding carboxylic acids is 1. The van der Waals surface area contributed by atoms with Crippen molar-refractivity contribution in [1.29, 1.82) is 0 Å². The van der Waals surface area contributed by atoms with Crippen molar-refractivity contribution in [2.45, 2.75) is 12.5 Å². The van der Waals surface area contributed by atoms with E-state index in [-0.39, 0.29) is 12.5 Å². The van der Waals surface area contributed by atoms with Crippen LogP contribution in [0.25, 0.3) is 22.2 Å². The molecule has 196 valence electrons. The maximum absolute atomic E-state index is 12.3. The Kier molecular flexibility index (Phi) is 7.77. The van der Waals surface area contributed by atoms with E-state index in [0.29, 0.717) is 22.2 Å². The topological polar surface area (TPSA) is 130 Å². The van der Waals surface area contributed by atoms with Crippen LogP contribution in [-0.2, 0) is 4.79 Å². The fraction of sp³-hybridized carbons (Fsp3) is 0.0625. The number of benzene rings is 3. The lowest BCUT2D eigenvalue weighted by Gasteiger charge is -2.18. The van der Waals surface area contributed by atoms with Crippen LogP contribution in [-0.4, -0.2) is 27.0 Å². The Balaban J connectivity index is 1.31. The number of amides is 1. The molecular weight excluding hydrogens is 502 g/mol. The average molecular weight is 528 g/mol. The number of carbonyl (C=O) groups is 2. The number of hydrazine groups is 1. The van der Waals surface area contributed by atoms with Crippen LogP contribution < -0.4 is 16.6 Å². The molecule has 0 saturated heterocycles. The molecule has 1 unspecified atom stereocenters. The largest absolute Gasteiger partial charge is 0.481 e. The molecular formula is C32H25N5O3. The van der Waals surface area contributed by atoms with Crippen LogP contribution in [0.4, 0.5) is 5.69 Å². The van der Waals surface area contributed by atoms with Gasteiger partial charge < -0.3 is 10.4 Å². The molecule has 8 nitrogen and oxygen atoms in total. The van der Waals surface area contributed by atoms with Crippen molar-refractivity contribution in [2.75, 3.05) is 5.32 Å². The SMILES string of the molecule is NNC(=O)c1cc(-c2ccc(C#Cc3ccc(NC(CC(=O)O)c4ccccc4)cc3)cc2)nc2ccncc12. The van der Waals surface area contributed by atoms with Crippen molar-refractivity contribution in [2.24, 2.45) is 5.84 Å². The maximum Gasteiger partial charge on any atom is 0.305 e. The van der Waals surface area contributed by atoms with Crippen molar-refractivity contribution < 1.29 is 14.7 Å². The minimum Gasteiger partial charge on any atom is -0.481 e. The van der Waals surface area contributed by atoms with Gasteiger partial charge in [0.1, 0.15) is 0 Å². The number of carboxylic acids is 1. The van der Waals surface area contributed by atoms with Gasteiger partial charge in [0.2, 0.25) is 0 Å². The first kappa shape index (κ1) is 26.1. The van der Waals surface area contributed by atoms with Crippen molar-refractivity contribution in [3.8, 4) is 23.1 Å². The minimum absolute atomic E-state index is 0.0327. The van der Waals surface area contributed by atoms with E-state index < -0.39 is 11.9 Å². The third kappa shape index (κ3) is 6.13. The van der Waals surface area contributed by atoms with E-state index in [2.05, 4.69) is 32.6 Å². The van der Waals surface area contributed by atoms with Crippen LogP contribution in [0.5, 0.6) is 0 Å². The summed E-state index contributed by atoms with van der Waals surface area (Å²) in [5.74, 6) is 10.4. The highest BCUT2D eigenvalue weighted by molar-refractivity contribution is 6.06. The number of aromatic nitrogens is 2. The smallest absolute Gasteiger partial charge is 0.305 e. The first-order chi connectivity index (χ1) is 19.5. The second kappa shape index (κ2) is 11.9. The van der Waals surface area contributed by atoms with Gasteiger partial charge in [-0.1, -0.05) is 54.3 Å². The molecule has 5 N–H and O–H groups in total. The van der Waals surface area contributed by atoms with E-state index in [4.69, 9.17) is 5.84 Å². The van der Waals surface area contributed by atoms with Crippen LogP contribution in [0.3, 0.4) is 0 Å². The summed E-state index contributed by atoms with van der Waals surface area (Å²) in [6, 6.07) is 27.8. The molecule has 0 saturated carbocycles.